The second-order valence-electron chi connectivity index (χ2n) is 6.75. The molecule has 1 heterocycles. The number of imidazole rings is 1. The SMILES string of the molecule is NCCc1cncn1C1C2CC3CC(C2)CC1C3. The van der Waals surface area contributed by atoms with Crippen LogP contribution >= 0.6 is 0 Å². The fourth-order valence-electron chi connectivity index (χ4n) is 5.29. The van der Waals surface area contributed by atoms with Gasteiger partial charge in [0.15, 0.2) is 0 Å². The molecule has 4 aliphatic rings. The summed E-state index contributed by atoms with van der Waals surface area (Å²) in [6.45, 7) is 0.735. The van der Waals surface area contributed by atoms with Crippen LogP contribution in [0.25, 0.3) is 0 Å². The number of hydrogen-bond donors (Lipinski definition) is 1. The Morgan fingerprint density at radius 3 is 2.39 bits per heavy atom. The highest BCUT2D eigenvalue weighted by molar-refractivity contribution is 5.07. The Morgan fingerprint density at radius 1 is 1.11 bits per heavy atom. The van der Waals surface area contributed by atoms with Crippen molar-refractivity contribution in [1.29, 1.82) is 0 Å². The molecule has 4 bridgehead atoms. The predicted octanol–water partition coefficient (Wildman–Crippen LogP) is 2.38. The van der Waals surface area contributed by atoms with Crippen LogP contribution in [0.4, 0.5) is 0 Å². The van der Waals surface area contributed by atoms with Gasteiger partial charge >= 0.3 is 0 Å². The number of nitrogens with two attached hydrogens (primary N) is 1. The van der Waals surface area contributed by atoms with Crippen molar-refractivity contribution in [2.75, 3.05) is 6.54 Å². The minimum absolute atomic E-state index is 0.735. The highest BCUT2D eigenvalue weighted by Crippen LogP contribution is 2.58. The molecule has 1 aromatic heterocycles. The van der Waals surface area contributed by atoms with Crippen molar-refractivity contribution in [1.82, 2.24) is 9.55 Å². The summed E-state index contributed by atoms with van der Waals surface area (Å²) in [5.41, 5.74) is 7.08. The van der Waals surface area contributed by atoms with E-state index in [1.165, 1.54) is 37.8 Å². The largest absolute Gasteiger partial charge is 0.331 e. The van der Waals surface area contributed by atoms with E-state index >= 15 is 0 Å². The minimum atomic E-state index is 0.735. The van der Waals surface area contributed by atoms with E-state index in [4.69, 9.17) is 5.73 Å². The van der Waals surface area contributed by atoms with Crippen LogP contribution in [-0.4, -0.2) is 16.1 Å². The Bertz CT molecular complexity index is 409. The van der Waals surface area contributed by atoms with E-state index in [9.17, 15) is 0 Å². The van der Waals surface area contributed by atoms with Gasteiger partial charge in [0.2, 0.25) is 0 Å². The van der Waals surface area contributed by atoms with Gasteiger partial charge in [-0.2, -0.15) is 0 Å². The van der Waals surface area contributed by atoms with Crippen molar-refractivity contribution >= 4 is 0 Å². The minimum Gasteiger partial charge on any atom is -0.331 e. The second-order valence-corrected chi connectivity index (χ2v) is 6.75. The fraction of sp³-hybridized carbons (Fsp3) is 0.800. The van der Waals surface area contributed by atoms with Gasteiger partial charge in [-0.05, 0) is 62.3 Å². The van der Waals surface area contributed by atoms with E-state index in [0.29, 0.717) is 0 Å². The van der Waals surface area contributed by atoms with Gasteiger partial charge in [-0.1, -0.05) is 0 Å². The smallest absolute Gasteiger partial charge is 0.0950 e. The zero-order valence-electron chi connectivity index (χ0n) is 11.0. The molecule has 0 radical (unpaired) electrons. The van der Waals surface area contributed by atoms with Crippen molar-refractivity contribution in [3.05, 3.63) is 18.2 Å². The highest BCUT2D eigenvalue weighted by atomic mass is 15.1. The summed E-state index contributed by atoms with van der Waals surface area (Å²) in [7, 11) is 0. The Kier molecular flexibility index (Phi) is 2.51. The first-order valence-electron chi connectivity index (χ1n) is 7.56. The molecule has 98 valence electrons. The molecule has 0 aromatic carbocycles. The van der Waals surface area contributed by atoms with Crippen molar-refractivity contribution in [2.24, 2.45) is 29.4 Å². The number of nitrogens with zero attached hydrogens (tertiary/aromatic N) is 2. The first-order valence-corrected chi connectivity index (χ1v) is 7.56. The zero-order chi connectivity index (χ0) is 12.1. The molecule has 2 N–H and O–H groups in total. The first kappa shape index (κ1) is 11.0. The van der Waals surface area contributed by atoms with E-state index in [1.54, 1.807) is 0 Å². The molecule has 4 saturated carbocycles. The third kappa shape index (κ3) is 1.56. The molecule has 4 fully saturated rings. The van der Waals surface area contributed by atoms with Crippen LogP contribution in [0, 0.1) is 23.7 Å². The maximum Gasteiger partial charge on any atom is 0.0950 e. The van der Waals surface area contributed by atoms with Crippen molar-refractivity contribution < 1.29 is 0 Å². The lowest BCUT2D eigenvalue weighted by Gasteiger charge is -2.54. The summed E-state index contributed by atoms with van der Waals surface area (Å²) in [5.74, 6) is 3.94. The third-order valence-corrected chi connectivity index (χ3v) is 5.64. The van der Waals surface area contributed by atoms with Crippen molar-refractivity contribution in [3.63, 3.8) is 0 Å². The zero-order valence-corrected chi connectivity index (χ0v) is 11.0. The lowest BCUT2D eigenvalue weighted by molar-refractivity contribution is -0.0300. The maximum absolute atomic E-state index is 5.72. The second kappa shape index (κ2) is 4.09. The van der Waals surface area contributed by atoms with Crippen LogP contribution < -0.4 is 5.73 Å². The third-order valence-electron chi connectivity index (χ3n) is 5.64. The normalized spacial score (nSPS) is 41.5. The molecule has 5 rings (SSSR count). The van der Waals surface area contributed by atoms with E-state index in [0.717, 1.165) is 42.7 Å². The average molecular weight is 245 g/mol. The average Bonchev–Trinajstić information content (AvgIpc) is 2.76. The van der Waals surface area contributed by atoms with Crippen LogP contribution in [0.5, 0.6) is 0 Å². The van der Waals surface area contributed by atoms with Gasteiger partial charge in [0, 0.05) is 24.4 Å². The molecule has 0 saturated heterocycles. The van der Waals surface area contributed by atoms with Gasteiger partial charge in [-0.25, -0.2) is 4.98 Å². The topological polar surface area (TPSA) is 43.8 Å². The highest BCUT2D eigenvalue weighted by Gasteiger charge is 2.49. The molecule has 3 heteroatoms. The summed E-state index contributed by atoms with van der Waals surface area (Å²) in [6.07, 6.45) is 12.5. The number of hydrogen-bond acceptors (Lipinski definition) is 2. The monoisotopic (exact) mass is 245 g/mol. The van der Waals surface area contributed by atoms with Crippen molar-refractivity contribution in [3.8, 4) is 0 Å². The van der Waals surface area contributed by atoms with Gasteiger partial charge in [0.05, 0.1) is 6.33 Å². The predicted molar refractivity (Wildman–Crippen MR) is 71.1 cm³/mol. The summed E-state index contributed by atoms with van der Waals surface area (Å²) < 4.78 is 2.49. The fourth-order valence-corrected chi connectivity index (χ4v) is 5.29. The molecular weight excluding hydrogens is 222 g/mol. The lowest BCUT2D eigenvalue weighted by atomic mass is 9.54. The van der Waals surface area contributed by atoms with Crippen molar-refractivity contribution in [2.45, 2.75) is 44.6 Å². The van der Waals surface area contributed by atoms with Crippen LogP contribution in [0.2, 0.25) is 0 Å². The van der Waals surface area contributed by atoms with E-state index in [2.05, 4.69) is 15.9 Å². The molecular formula is C15H23N3. The Labute approximate surface area is 109 Å². The first-order chi connectivity index (χ1) is 8.85. The lowest BCUT2D eigenvalue weighted by Crippen LogP contribution is -2.46. The van der Waals surface area contributed by atoms with Crippen LogP contribution in [-0.2, 0) is 6.42 Å². The van der Waals surface area contributed by atoms with Gasteiger partial charge in [-0.3, -0.25) is 0 Å². The number of aromatic nitrogens is 2. The Morgan fingerprint density at radius 2 is 1.78 bits per heavy atom. The summed E-state index contributed by atoms with van der Waals surface area (Å²) in [5, 5.41) is 0. The summed E-state index contributed by atoms with van der Waals surface area (Å²) in [6, 6.07) is 0.738. The number of rotatable bonds is 3. The van der Waals surface area contributed by atoms with E-state index in [-0.39, 0.29) is 0 Å². The molecule has 1 aromatic rings. The quantitative estimate of drug-likeness (QED) is 0.888. The molecule has 4 aliphatic carbocycles. The van der Waals surface area contributed by atoms with E-state index in [1.807, 2.05) is 6.20 Å². The van der Waals surface area contributed by atoms with E-state index < -0.39 is 0 Å². The standard InChI is InChI=1S/C15H23N3/c16-2-1-14-8-17-9-18(14)15-12-4-10-3-11(6-12)7-13(15)5-10/h8-13,15H,1-7,16H2. The molecule has 0 atom stereocenters. The maximum atomic E-state index is 5.72. The Balaban J connectivity index is 1.66. The molecule has 0 unspecified atom stereocenters. The van der Waals surface area contributed by atoms with Gasteiger partial charge in [0.25, 0.3) is 0 Å². The molecule has 0 spiro atoms. The Hall–Kier alpha value is -0.830. The van der Waals surface area contributed by atoms with Crippen LogP contribution in [0.15, 0.2) is 12.5 Å². The van der Waals surface area contributed by atoms with Gasteiger partial charge < -0.3 is 10.3 Å². The van der Waals surface area contributed by atoms with Gasteiger partial charge in [-0.15, -0.1) is 0 Å². The molecule has 0 aliphatic heterocycles. The molecule has 3 nitrogen and oxygen atoms in total. The summed E-state index contributed by atoms with van der Waals surface area (Å²) >= 11 is 0. The summed E-state index contributed by atoms with van der Waals surface area (Å²) in [4.78, 5) is 4.38. The van der Waals surface area contributed by atoms with Crippen LogP contribution in [0.3, 0.4) is 0 Å². The van der Waals surface area contributed by atoms with Gasteiger partial charge in [0.1, 0.15) is 0 Å². The molecule has 18 heavy (non-hydrogen) atoms. The van der Waals surface area contributed by atoms with Crippen LogP contribution in [0.1, 0.15) is 43.8 Å². The molecule has 0 amide bonds.